The van der Waals surface area contributed by atoms with Crippen molar-refractivity contribution in [3.8, 4) is 0 Å². The summed E-state index contributed by atoms with van der Waals surface area (Å²) in [5, 5.41) is 13.8. The lowest BCUT2D eigenvalue weighted by molar-refractivity contribution is -0.857. The molecule has 1 aromatic carbocycles. The van der Waals surface area contributed by atoms with Gasteiger partial charge in [0.1, 0.15) is 11.5 Å². The normalized spacial score (nSPS) is 18.3. The van der Waals surface area contributed by atoms with E-state index in [2.05, 4.69) is 4.98 Å². The van der Waals surface area contributed by atoms with Gasteiger partial charge in [0.25, 0.3) is 5.91 Å². The average molecular weight is 436 g/mol. The van der Waals surface area contributed by atoms with Gasteiger partial charge >= 0.3 is 0 Å². The summed E-state index contributed by atoms with van der Waals surface area (Å²) < 4.78 is 15.2. The van der Waals surface area contributed by atoms with E-state index in [1.165, 1.54) is 29.2 Å². The monoisotopic (exact) mass is 436 g/mol. The molecule has 0 bridgehead atoms. The summed E-state index contributed by atoms with van der Waals surface area (Å²) in [7, 11) is 3.88. The van der Waals surface area contributed by atoms with Crippen molar-refractivity contribution in [2.75, 3.05) is 27.2 Å². The van der Waals surface area contributed by atoms with Crippen molar-refractivity contribution in [1.29, 1.82) is 0 Å². The maximum atomic E-state index is 13.8. The second kappa shape index (κ2) is 8.20. The van der Waals surface area contributed by atoms with Crippen LogP contribution in [0.2, 0.25) is 0 Å². The molecule has 1 fully saturated rings. The molecule has 1 aliphatic rings. The fourth-order valence-electron chi connectivity index (χ4n) is 4.16. The van der Waals surface area contributed by atoms with E-state index in [4.69, 9.17) is 0 Å². The van der Waals surface area contributed by atoms with Gasteiger partial charge in [-0.25, -0.2) is 9.37 Å². The van der Waals surface area contributed by atoms with Crippen LogP contribution >= 0.6 is 0 Å². The molecule has 1 unspecified atom stereocenters. The smallest absolute Gasteiger partial charge is 0.295 e. The van der Waals surface area contributed by atoms with Gasteiger partial charge in [-0.3, -0.25) is 9.59 Å². The Morgan fingerprint density at radius 1 is 1.16 bits per heavy atom. The predicted octanol–water partition coefficient (Wildman–Crippen LogP) is 0.459. The molecule has 3 aromatic rings. The van der Waals surface area contributed by atoms with Gasteiger partial charge in [-0.05, 0) is 43.2 Å². The zero-order valence-electron chi connectivity index (χ0n) is 18.5. The number of rotatable bonds is 5. The minimum absolute atomic E-state index is 0.123. The molecular weight excluding hydrogens is 411 g/mol. The third kappa shape index (κ3) is 3.56. The number of carbonyl (C=O) groups is 2. The third-order valence-corrected chi connectivity index (χ3v) is 5.80. The topological polar surface area (TPSA) is 82.2 Å². The summed E-state index contributed by atoms with van der Waals surface area (Å²) in [6.45, 7) is 4.48. The first-order chi connectivity index (χ1) is 15.2. The number of likely N-dealkylation sites (N-methyl/N-ethyl adjacent to an activating group) is 1. The van der Waals surface area contributed by atoms with Crippen molar-refractivity contribution in [2.45, 2.75) is 19.9 Å². The van der Waals surface area contributed by atoms with Crippen LogP contribution in [0.1, 0.15) is 28.6 Å². The Bertz CT molecular complexity index is 1240. The van der Waals surface area contributed by atoms with E-state index in [9.17, 15) is 19.1 Å². The zero-order valence-corrected chi connectivity index (χ0v) is 18.5. The molecule has 3 heterocycles. The number of hydrogen-bond donors (Lipinski definition) is 1. The molecule has 0 radical (unpaired) electrons. The highest BCUT2D eigenvalue weighted by atomic mass is 19.1. The molecule has 0 spiro atoms. The van der Waals surface area contributed by atoms with Crippen LogP contribution in [0.15, 0.2) is 48.2 Å². The second-order valence-electron chi connectivity index (χ2n) is 8.41. The molecule has 2 aromatic heterocycles. The largest absolute Gasteiger partial charge is 0.871 e. The van der Waals surface area contributed by atoms with E-state index in [0.717, 1.165) is 10.5 Å². The fourth-order valence-corrected chi connectivity index (χ4v) is 4.16. The van der Waals surface area contributed by atoms with Crippen LogP contribution in [0.4, 0.5) is 4.39 Å². The molecule has 0 aliphatic carbocycles. The van der Waals surface area contributed by atoms with E-state index in [1.807, 2.05) is 27.1 Å². The number of benzene rings is 1. The van der Waals surface area contributed by atoms with E-state index < -0.39 is 29.3 Å². The van der Waals surface area contributed by atoms with Gasteiger partial charge in [-0.2, -0.15) is 0 Å². The van der Waals surface area contributed by atoms with Gasteiger partial charge in [0.05, 0.1) is 44.6 Å². The summed E-state index contributed by atoms with van der Waals surface area (Å²) >= 11 is 0. The molecule has 8 heteroatoms. The van der Waals surface area contributed by atoms with Crippen molar-refractivity contribution in [2.24, 2.45) is 0 Å². The van der Waals surface area contributed by atoms with Crippen molar-refractivity contribution in [3.63, 3.8) is 0 Å². The van der Waals surface area contributed by atoms with E-state index in [1.54, 1.807) is 23.6 Å². The van der Waals surface area contributed by atoms with Gasteiger partial charge in [0.2, 0.25) is 5.78 Å². The molecule has 1 aliphatic heterocycles. The minimum Gasteiger partial charge on any atom is -0.871 e. The van der Waals surface area contributed by atoms with Crippen LogP contribution in [-0.4, -0.2) is 53.2 Å². The van der Waals surface area contributed by atoms with Crippen LogP contribution in [-0.2, 0) is 9.59 Å². The first-order valence-corrected chi connectivity index (χ1v) is 10.5. The van der Waals surface area contributed by atoms with E-state index in [0.29, 0.717) is 23.4 Å². The van der Waals surface area contributed by atoms with Crippen molar-refractivity contribution < 1.29 is 24.0 Å². The highest BCUT2D eigenvalue weighted by Gasteiger charge is 2.44. The molecule has 1 atom stereocenters. The fraction of sp³-hybridized carbons (Fsp3) is 0.292. The summed E-state index contributed by atoms with van der Waals surface area (Å²) in [4.78, 5) is 33.1. The summed E-state index contributed by atoms with van der Waals surface area (Å²) in [6.07, 6.45) is 1.72. The summed E-state index contributed by atoms with van der Waals surface area (Å²) in [5.74, 6) is -2.51. The van der Waals surface area contributed by atoms with Crippen molar-refractivity contribution in [1.82, 2.24) is 14.3 Å². The lowest BCUT2D eigenvalue weighted by atomic mass is 9.96. The number of ketones is 1. The van der Waals surface area contributed by atoms with Crippen molar-refractivity contribution >= 4 is 23.1 Å². The van der Waals surface area contributed by atoms with Crippen LogP contribution in [0.5, 0.6) is 0 Å². The molecule has 4 rings (SSSR count). The highest BCUT2D eigenvalue weighted by molar-refractivity contribution is 6.46. The Hall–Kier alpha value is -3.52. The van der Waals surface area contributed by atoms with Crippen LogP contribution in [0, 0.1) is 19.7 Å². The van der Waals surface area contributed by atoms with Crippen LogP contribution in [0.25, 0.3) is 11.4 Å². The number of imidazole rings is 1. The molecule has 0 saturated carbocycles. The molecule has 1 N–H and O–H groups in total. The number of pyridine rings is 1. The Balaban J connectivity index is 1.94. The number of fused-ring (bicyclic) bond motifs is 1. The number of carbonyl (C=O) groups excluding carboxylic acids is 2. The Morgan fingerprint density at radius 3 is 2.50 bits per heavy atom. The number of aryl methyl sites for hydroxylation is 2. The number of nitrogens with zero attached hydrogens (tertiary/aromatic N) is 3. The zero-order chi connectivity index (χ0) is 23.2. The van der Waals surface area contributed by atoms with Gasteiger partial charge < -0.3 is 19.3 Å². The number of Topliss-reactive ketones (excluding diaryl/α,β-unsaturated/α-hetero) is 1. The molecule has 1 saturated heterocycles. The van der Waals surface area contributed by atoms with Gasteiger partial charge in [0.15, 0.2) is 0 Å². The lowest BCUT2D eigenvalue weighted by Crippen LogP contribution is -3.06. The maximum Gasteiger partial charge on any atom is 0.295 e. The third-order valence-electron chi connectivity index (χ3n) is 5.80. The van der Waals surface area contributed by atoms with Crippen molar-refractivity contribution in [3.05, 3.63) is 76.5 Å². The second-order valence-corrected chi connectivity index (χ2v) is 8.41. The molecule has 7 nitrogen and oxygen atoms in total. The van der Waals surface area contributed by atoms with E-state index >= 15 is 0 Å². The lowest BCUT2D eigenvalue weighted by Gasteiger charge is -2.27. The summed E-state index contributed by atoms with van der Waals surface area (Å²) in [5.41, 5.74) is 2.64. The quantitative estimate of drug-likeness (QED) is 0.358. The minimum atomic E-state index is -0.878. The standard InChI is InChI=1S/C24H25FN4O3/c1-14-6-5-11-28-19(15(2)26-23(14)28)21(30)18-20(16-7-9-17(25)10-8-16)29(13-12-27(3)4)24(32)22(18)31/h5-11,20,30H,12-13H2,1-4H3/b21-18+. The number of amides is 1. The molecule has 166 valence electrons. The number of quaternary nitrogens is 1. The van der Waals surface area contributed by atoms with Gasteiger partial charge in [0, 0.05) is 11.8 Å². The van der Waals surface area contributed by atoms with Gasteiger partial charge in [-0.1, -0.05) is 24.0 Å². The van der Waals surface area contributed by atoms with Gasteiger partial charge in [-0.15, -0.1) is 0 Å². The van der Waals surface area contributed by atoms with Crippen LogP contribution in [0.3, 0.4) is 0 Å². The molecule has 1 amide bonds. The number of hydrogen-bond acceptors (Lipinski definition) is 4. The Morgan fingerprint density at radius 2 is 1.84 bits per heavy atom. The maximum absolute atomic E-state index is 13.8. The predicted molar refractivity (Wildman–Crippen MR) is 115 cm³/mol. The highest BCUT2D eigenvalue weighted by Crippen LogP contribution is 2.39. The summed E-state index contributed by atoms with van der Waals surface area (Å²) in [6, 6.07) is 8.37. The first kappa shape index (κ1) is 21.7. The Labute approximate surface area is 185 Å². The number of halogens is 1. The molecule has 32 heavy (non-hydrogen) atoms. The molecular formula is C24H25FN4O3. The number of aromatic nitrogens is 2. The van der Waals surface area contributed by atoms with Crippen LogP contribution < -0.4 is 10.0 Å². The van der Waals surface area contributed by atoms with E-state index in [-0.39, 0.29) is 17.8 Å². The SMILES string of the molecule is Cc1nc2c(C)cccn2c1/C([O-])=C1\C(=O)C(=O)N(CC[NH+](C)C)C1c1ccc(F)cc1. The number of likely N-dealkylation sites (tertiary alicyclic amines) is 1. The first-order valence-electron chi connectivity index (χ1n) is 10.5. The Kier molecular flexibility index (Phi) is 5.56. The average Bonchev–Trinajstić information content (AvgIpc) is 3.21. The number of nitrogens with one attached hydrogen (secondary N) is 1.